The van der Waals surface area contributed by atoms with Crippen LogP contribution in [-0.4, -0.2) is 31.5 Å². The fourth-order valence-electron chi connectivity index (χ4n) is 2.13. The number of ether oxygens (including phenoxy) is 1. The lowest BCUT2D eigenvalue weighted by molar-refractivity contribution is -0.0963. The Morgan fingerprint density at radius 3 is 2.62 bits per heavy atom. The average molecular weight is 198 g/mol. The minimum atomic E-state index is -1.21. The normalized spacial score (nSPS) is 41.8. The highest BCUT2D eigenvalue weighted by molar-refractivity contribution is 6.81. The molecule has 13 heavy (non-hydrogen) atoms. The molecule has 2 rings (SSSR count). The van der Waals surface area contributed by atoms with Gasteiger partial charge in [-0.05, 0) is 18.4 Å². The van der Waals surface area contributed by atoms with Gasteiger partial charge in [0.2, 0.25) is 0 Å². The van der Waals surface area contributed by atoms with Gasteiger partial charge in [0.25, 0.3) is 0 Å². The first-order valence-corrected chi connectivity index (χ1v) is 8.56. The summed E-state index contributed by atoms with van der Waals surface area (Å²) < 4.78 is 5.52. The van der Waals surface area contributed by atoms with Crippen LogP contribution in [-0.2, 0) is 4.74 Å². The number of rotatable bonds is 1. The highest BCUT2D eigenvalue weighted by atomic mass is 28.3. The van der Waals surface area contributed by atoms with Crippen LogP contribution in [0.3, 0.4) is 0 Å². The van der Waals surface area contributed by atoms with E-state index >= 15 is 0 Å². The Labute approximate surface area is 80.6 Å². The van der Waals surface area contributed by atoms with Gasteiger partial charge in [0.05, 0.1) is 20.8 Å². The maximum absolute atomic E-state index is 10.2. The van der Waals surface area contributed by atoms with Crippen molar-refractivity contribution in [2.24, 2.45) is 0 Å². The highest BCUT2D eigenvalue weighted by Gasteiger charge is 2.53. The maximum atomic E-state index is 10.2. The number of hydrogen-bond donors (Lipinski definition) is 1. The molecule has 0 aromatic heterocycles. The number of hydrogen-bond acceptors (Lipinski definition) is 2. The standard InChI is InChI=1S/C10H18O2Si/c1-13(2,3)7-8-6-12-9-4-5-10(8,9)11/h7,9,11H,4-6H2,1-3H3/b8-7+/t9-,10+/m0/s1. The molecule has 2 aliphatic rings. The molecule has 1 aliphatic heterocycles. The van der Waals surface area contributed by atoms with Crippen molar-refractivity contribution in [1.29, 1.82) is 0 Å². The summed E-state index contributed by atoms with van der Waals surface area (Å²) in [5, 5.41) is 10.2. The molecule has 2 nitrogen and oxygen atoms in total. The van der Waals surface area contributed by atoms with Crippen LogP contribution in [0.5, 0.6) is 0 Å². The second-order valence-corrected chi connectivity index (χ2v) is 10.3. The van der Waals surface area contributed by atoms with E-state index in [4.69, 9.17) is 4.74 Å². The van der Waals surface area contributed by atoms with E-state index in [9.17, 15) is 5.11 Å². The zero-order valence-corrected chi connectivity index (χ0v) is 9.63. The van der Waals surface area contributed by atoms with Crippen LogP contribution in [0.1, 0.15) is 12.8 Å². The van der Waals surface area contributed by atoms with Crippen molar-refractivity contribution in [3.63, 3.8) is 0 Å². The molecule has 1 aliphatic carbocycles. The third-order valence-corrected chi connectivity index (χ3v) is 4.14. The molecule has 3 heteroatoms. The molecular weight excluding hydrogens is 180 g/mol. The number of fused-ring (bicyclic) bond motifs is 1. The predicted octanol–water partition coefficient (Wildman–Crippen LogP) is 1.71. The van der Waals surface area contributed by atoms with E-state index in [-0.39, 0.29) is 6.10 Å². The van der Waals surface area contributed by atoms with Crippen molar-refractivity contribution >= 4 is 8.07 Å². The van der Waals surface area contributed by atoms with Gasteiger partial charge >= 0.3 is 0 Å². The van der Waals surface area contributed by atoms with E-state index in [1.165, 1.54) is 0 Å². The third kappa shape index (κ3) is 1.49. The average Bonchev–Trinajstić information content (AvgIpc) is 2.12. The molecule has 0 unspecified atom stereocenters. The van der Waals surface area contributed by atoms with Crippen molar-refractivity contribution in [2.75, 3.05) is 6.61 Å². The SMILES string of the molecule is C[Si](C)(C)/C=C1\CO[C@H]2CC[C@@]12O. The Kier molecular flexibility index (Phi) is 1.95. The Hall–Kier alpha value is -0.123. The van der Waals surface area contributed by atoms with Crippen LogP contribution < -0.4 is 0 Å². The quantitative estimate of drug-likeness (QED) is 0.650. The molecule has 0 bridgehead atoms. The van der Waals surface area contributed by atoms with Gasteiger partial charge < -0.3 is 9.84 Å². The smallest absolute Gasteiger partial charge is 0.114 e. The summed E-state index contributed by atoms with van der Waals surface area (Å²) in [5.74, 6) is 0. The summed E-state index contributed by atoms with van der Waals surface area (Å²) in [6.45, 7) is 7.52. The van der Waals surface area contributed by atoms with E-state index in [2.05, 4.69) is 25.3 Å². The summed E-state index contributed by atoms with van der Waals surface area (Å²) in [7, 11) is -1.21. The molecule has 2 fully saturated rings. The Morgan fingerprint density at radius 1 is 1.54 bits per heavy atom. The summed E-state index contributed by atoms with van der Waals surface area (Å²) in [5.41, 5.74) is 2.88. The predicted molar refractivity (Wildman–Crippen MR) is 55.4 cm³/mol. The van der Waals surface area contributed by atoms with Crippen LogP contribution >= 0.6 is 0 Å². The fraction of sp³-hybridized carbons (Fsp3) is 0.800. The monoisotopic (exact) mass is 198 g/mol. The summed E-state index contributed by atoms with van der Waals surface area (Å²) in [6.07, 6.45) is 2.03. The first-order chi connectivity index (χ1) is 5.92. The molecule has 0 radical (unpaired) electrons. The summed E-state index contributed by atoms with van der Waals surface area (Å²) >= 11 is 0. The molecule has 0 aromatic carbocycles. The zero-order valence-electron chi connectivity index (χ0n) is 8.63. The van der Waals surface area contributed by atoms with Crippen LogP contribution in [0.15, 0.2) is 11.3 Å². The molecular formula is C10H18O2Si. The van der Waals surface area contributed by atoms with Gasteiger partial charge in [0.15, 0.2) is 0 Å². The molecule has 1 saturated carbocycles. The van der Waals surface area contributed by atoms with Crippen LogP contribution in [0.25, 0.3) is 0 Å². The Balaban J connectivity index is 2.22. The second-order valence-electron chi connectivity index (χ2n) is 5.30. The van der Waals surface area contributed by atoms with Gasteiger partial charge in [-0.2, -0.15) is 0 Å². The van der Waals surface area contributed by atoms with E-state index in [1.54, 1.807) is 0 Å². The molecule has 0 spiro atoms. The van der Waals surface area contributed by atoms with Crippen molar-refractivity contribution in [2.45, 2.75) is 44.2 Å². The van der Waals surface area contributed by atoms with Crippen LogP contribution in [0, 0.1) is 0 Å². The van der Waals surface area contributed by atoms with Gasteiger partial charge in [-0.15, -0.1) is 0 Å². The van der Waals surface area contributed by atoms with Gasteiger partial charge in [0, 0.05) is 0 Å². The lowest BCUT2D eigenvalue weighted by Crippen LogP contribution is -2.49. The van der Waals surface area contributed by atoms with E-state index in [0.29, 0.717) is 6.61 Å². The molecule has 0 amide bonds. The van der Waals surface area contributed by atoms with Crippen molar-refractivity contribution < 1.29 is 9.84 Å². The van der Waals surface area contributed by atoms with Gasteiger partial charge in [-0.3, -0.25) is 0 Å². The highest BCUT2D eigenvalue weighted by Crippen LogP contribution is 2.46. The first kappa shape index (κ1) is 9.43. The zero-order chi connectivity index (χ0) is 9.69. The molecule has 1 N–H and O–H groups in total. The topological polar surface area (TPSA) is 29.5 Å². The second kappa shape index (κ2) is 2.68. The minimum absolute atomic E-state index is 0.107. The van der Waals surface area contributed by atoms with Crippen molar-refractivity contribution in [3.8, 4) is 0 Å². The fourth-order valence-corrected chi connectivity index (χ4v) is 3.51. The molecule has 1 heterocycles. The minimum Gasteiger partial charge on any atom is -0.383 e. The van der Waals surface area contributed by atoms with Gasteiger partial charge in [0.1, 0.15) is 5.60 Å². The lowest BCUT2D eigenvalue weighted by atomic mass is 9.74. The summed E-state index contributed by atoms with van der Waals surface area (Å²) in [6, 6.07) is 0. The molecule has 74 valence electrons. The largest absolute Gasteiger partial charge is 0.383 e. The molecule has 1 saturated heterocycles. The Morgan fingerprint density at radius 2 is 2.23 bits per heavy atom. The third-order valence-electron chi connectivity index (χ3n) is 2.92. The van der Waals surface area contributed by atoms with E-state index in [0.717, 1.165) is 18.4 Å². The van der Waals surface area contributed by atoms with Crippen LogP contribution in [0.2, 0.25) is 19.6 Å². The Bertz CT molecular complexity index is 254. The van der Waals surface area contributed by atoms with Gasteiger partial charge in [-0.1, -0.05) is 25.3 Å². The lowest BCUT2D eigenvalue weighted by Gasteiger charge is -2.39. The number of aliphatic hydroxyl groups is 1. The molecule has 0 aromatic rings. The van der Waals surface area contributed by atoms with Gasteiger partial charge in [-0.25, -0.2) is 0 Å². The summed E-state index contributed by atoms with van der Waals surface area (Å²) in [4.78, 5) is 0. The maximum Gasteiger partial charge on any atom is 0.114 e. The van der Waals surface area contributed by atoms with Crippen molar-refractivity contribution in [1.82, 2.24) is 0 Å². The van der Waals surface area contributed by atoms with E-state index < -0.39 is 13.7 Å². The van der Waals surface area contributed by atoms with Crippen molar-refractivity contribution in [3.05, 3.63) is 11.3 Å². The van der Waals surface area contributed by atoms with Crippen LogP contribution in [0.4, 0.5) is 0 Å². The van der Waals surface area contributed by atoms with E-state index in [1.807, 2.05) is 0 Å². The first-order valence-electron chi connectivity index (χ1n) is 4.98. The molecule has 2 atom stereocenters.